The Bertz CT molecular complexity index is 1140. The summed E-state index contributed by atoms with van der Waals surface area (Å²) >= 11 is 24.0. The van der Waals surface area contributed by atoms with Crippen molar-refractivity contribution in [1.82, 2.24) is 5.32 Å². The van der Waals surface area contributed by atoms with Crippen LogP contribution in [0.2, 0.25) is 10.0 Å². The molecule has 3 rings (SSSR count). The molecule has 1 fully saturated rings. The summed E-state index contributed by atoms with van der Waals surface area (Å²) in [7, 11) is 0. The van der Waals surface area contributed by atoms with E-state index in [1.807, 2.05) is 0 Å². The van der Waals surface area contributed by atoms with E-state index in [-0.39, 0.29) is 21.8 Å². The van der Waals surface area contributed by atoms with E-state index in [0.29, 0.717) is 0 Å². The second-order valence-corrected chi connectivity index (χ2v) is 9.61. The zero-order chi connectivity index (χ0) is 25.6. The largest absolute Gasteiger partial charge is 0.417 e. The van der Waals surface area contributed by atoms with Crippen molar-refractivity contribution in [2.45, 2.75) is 22.6 Å². The molecule has 2 aromatic carbocycles. The molecule has 0 bridgehead atoms. The Morgan fingerprint density at radius 3 is 2.15 bits per heavy atom. The minimum atomic E-state index is -4.67. The van der Waals surface area contributed by atoms with E-state index in [4.69, 9.17) is 46.4 Å². The van der Waals surface area contributed by atoms with Gasteiger partial charge in [-0.05, 0) is 35.9 Å². The van der Waals surface area contributed by atoms with Crippen molar-refractivity contribution in [3.8, 4) is 0 Å². The van der Waals surface area contributed by atoms with Crippen molar-refractivity contribution in [1.29, 1.82) is 0 Å². The second-order valence-electron chi connectivity index (χ2n) is 7.35. The average Bonchev–Trinajstić information content (AvgIpc) is 3.28. The van der Waals surface area contributed by atoms with E-state index in [9.17, 15) is 35.9 Å². The summed E-state index contributed by atoms with van der Waals surface area (Å²) in [6.07, 6.45) is -9.31. The van der Waals surface area contributed by atoms with Gasteiger partial charge in [0.05, 0.1) is 27.1 Å². The van der Waals surface area contributed by atoms with Crippen LogP contribution in [0.4, 0.5) is 32.0 Å². The third kappa shape index (κ3) is 5.84. The SMILES string of the molecule is O=C(NCC(F)(F)F)c1cc(NC(=O)[C@@H]2[C@@H](c3ccc(C(F)(F)F)c(Cl)c3)C2(Cl)Cl)ccc1Cl. The van der Waals surface area contributed by atoms with Gasteiger partial charge in [0.2, 0.25) is 5.91 Å². The van der Waals surface area contributed by atoms with Crippen LogP contribution in [0.25, 0.3) is 0 Å². The zero-order valence-electron chi connectivity index (χ0n) is 16.4. The molecular formula is C20H12Cl4F6N2O2. The fraction of sp³-hybridized carbons (Fsp3) is 0.300. The van der Waals surface area contributed by atoms with Gasteiger partial charge in [0.1, 0.15) is 10.9 Å². The van der Waals surface area contributed by atoms with Crippen molar-refractivity contribution in [2.75, 3.05) is 11.9 Å². The lowest BCUT2D eigenvalue weighted by Gasteiger charge is -2.11. The normalized spacial score (nSPS) is 19.5. The highest BCUT2D eigenvalue weighted by atomic mass is 35.5. The molecule has 1 aliphatic rings. The van der Waals surface area contributed by atoms with Gasteiger partial charge in [-0.2, -0.15) is 26.3 Å². The van der Waals surface area contributed by atoms with E-state index in [0.717, 1.165) is 24.3 Å². The molecule has 0 aliphatic heterocycles. The smallest absolute Gasteiger partial charge is 0.343 e. The first kappa shape index (κ1) is 26.7. The van der Waals surface area contributed by atoms with Gasteiger partial charge in [0, 0.05) is 11.6 Å². The van der Waals surface area contributed by atoms with Crippen LogP contribution in [0.15, 0.2) is 36.4 Å². The molecule has 1 saturated carbocycles. The lowest BCUT2D eigenvalue weighted by atomic mass is 10.1. The molecule has 1 aliphatic carbocycles. The van der Waals surface area contributed by atoms with E-state index < -0.39 is 57.5 Å². The molecule has 2 atom stereocenters. The number of benzene rings is 2. The summed E-state index contributed by atoms with van der Waals surface area (Å²) in [6, 6.07) is 6.42. The van der Waals surface area contributed by atoms with E-state index in [2.05, 4.69) is 5.32 Å². The third-order valence-electron chi connectivity index (χ3n) is 4.92. The molecule has 0 heterocycles. The summed E-state index contributed by atoms with van der Waals surface area (Å²) in [4.78, 5) is 24.8. The number of carbonyl (C=O) groups excluding carboxylic acids is 2. The predicted octanol–water partition coefficient (Wildman–Crippen LogP) is 6.83. The minimum Gasteiger partial charge on any atom is -0.343 e. The fourth-order valence-corrected chi connectivity index (χ4v) is 4.62. The zero-order valence-corrected chi connectivity index (χ0v) is 19.4. The summed E-state index contributed by atoms with van der Waals surface area (Å²) < 4.78 is 74.1. The number of hydrogen-bond acceptors (Lipinski definition) is 2. The van der Waals surface area contributed by atoms with Crippen molar-refractivity contribution in [3.63, 3.8) is 0 Å². The first-order valence-corrected chi connectivity index (χ1v) is 10.7. The number of hydrogen-bond donors (Lipinski definition) is 2. The van der Waals surface area contributed by atoms with Crippen LogP contribution in [0.3, 0.4) is 0 Å². The van der Waals surface area contributed by atoms with Crippen molar-refractivity contribution in [2.24, 2.45) is 5.92 Å². The maximum Gasteiger partial charge on any atom is 0.417 e. The third-order valence-corrected chi connectivity index (χ3v) is 6.50. The van der Waals surface area contributed by atoms with Crippen LogP contribution < -0.4 is 10.6 Å². The number of halogens is 10. The number of rotatable bonds is 5. The van der Waals surface area contributed by atoms with Crippen molar-refractivity contribution < 1.29 is 35.9 Å². The van der Waals surface area contributed by atoms with E-state index in [1.165, 1.54) is 12.1 Å². The highest BCUT2D eigenvalue weighted by molar-refractivity contribution is 6.53. The van der Waals surface area contributed by atoms with Crippen molar-refractivity contribution in [3.05, 3.63) is 63.1 Å². The van der Waals surface area contributed by atoms with Gasteiger partial charge in [0.15, 0.2) is 0 Å². The lowest BCUT2D eigenvalue weighted by molar-refractivity contribution is -0.137. The van der Waals surface area contributed by atoms with Gasteiger partial charge in [-0.25, -0.2) is 0 Å². The Morgan fingerprint density at radius 1 is 0.941 bits per heavy atom. The first-order chi connectivity index (χ1) is 15.5. The Kier molecular flexibility index (Phi) is 7.30. The molecule has 0 radical (unpaired) electrons. The molecule has 2 N–H and O–H groups in total. The van der Waals surface area contributed by atoms with Crippen LogP contribution in [0.5, 0.6) is 0 Å². The number of anilines is 1. The Morgan fingerprint density at radius 2 is 1.59 bits per heavy atom. The Hall–Kier alpha value is -1.88. The van der Waals surface area contributed by atoms with Crippen LogP contribution in [0.1, 0.15) is 27.4 Å². The average molecular weight is 568 g/mol. The summed E-state index contributed by atoms with van der Waals surface area (Å²) in [5.41, 5.74) is -1.18. The maximum absolute atomic E-state index is 12.9. The van der Waals surface area contributed by atoms with Gasteiger partial charge in [-0.1, -0.05) is 29.3 Å². The number of carbonyl (C=O) groups is 2. The van der Waals surface area contributed by atoms with Gasteiger partial charge in [-0.15, -0.1) is 23.2 Å². The maximum atomic E-state index is 12.9. The summed E-state index contributed by atoms with van der Waals surface area (Å²) in [5.74, 6) is -3.85. The van der Waals surface area contributed by atoms with E-state index >= 15 is 0 Å². The Labute approximate surface area is 208 Å². The molecular weight excluding hydrogens is 556 g/mol. The molecule has 0 aromatic heterocycles. The molecule has 2 aromatic rings. The van der Waals surface area contributed by atoms with Crippen LogP contribution >= 0.6 is 46.4 Å². The monoisotopic (exact) mass is 566 g/mol. The topological polar surface area (TPSA) is 58.2 Å². The molecule has 184 valence electrons. The predicted molar refractivity (Wildman–Crippen MR) is 116 cm³/mol. The quantitative estimate of drug-likeness (QED) is 0.307. The van der Waals surface area contributed by atoms with Gasteiger partial charge in [-0.3, -0.25) is 9.59 Å². The number of alkyl halides is 8. The first-order valence-electron chi connectivity index (χ1n) is 9.22. The van der Waals surface area contributed by atoms with Crippen LogP contribution in [-0.4, -0.2) is 28.9 Å². The summed E-state index contributed by atoms with van der Waals surface area (Å²) in [5, 5.41) is 3.33. The Balaban J connectivity index is 1.76. The minimum absolute atomic E-state index is 0.00629. The molecule has 14 heteroatoms. The van der Waals surface area contributed by atoms with Crippen LogP contribution in [0, 0.1) is 5.92 Å². The van der Waals surface area contributed by atoms with Crippen molar-refractivity contribution >= 4 is 63.9 Å². The fourth-order valence-electron chi connectivity index (χ4n) is 3.30. The van der Waals surface area contributed by atoms with E-state index in [1.54, 1.807) is 5.32 Å². The molecule has 34 heavy (non-hydrogen) atoms. The molecule has 2 amide bonds. The van der Waals surface area contributed by atoms with Gasteiger partial charge < -0.3 is 10.6 Å². The van der Waals surface area contributed by atoms with Gasteiger partial charge >= 0.3 is 12.4 Å². The highest BCUT2D eigenvalue weighted by Gasteiger charge is 2.67. The number of amides is 2. The summed E-state index contributed by atoms with van der Waals surface area (Å²) in [6.45, 7) is -1.58. The molecule has 0 saturated heterocycles. The molecule has 4 nitrogen and oxygen atoms in total. The lowest BCUT2D eigenvalue weighted by Crippen LogP contribution is -2.33. The van der Waals surface area contributed by atoms with Crippen LogP contribution in [-0.2, 0) is 11.0 Å². The number of nitrogens with one attached hydrogen (secondary N) is 2. The standard InChI is InChI=1S/C20H12Cl4F6N2O2/c21-12-4-2-9(6-10(12)16(33)31-7-18(25,26)27)32-17(34)15-14(19(15,23)24)8-1-3-11(13(22)5-8)20(28,29)30/h1-6,14-15H,7H2,(H,31,33)(H,32,34)/t14-,15+/m1/s1. The molecule has 0 unspecified atom stereocenters. The highest BCUT2D eigenvalue weighted by Crippen LogP contribution is 2.65. The van der Waals surface area contributed by atoms with Gasteiger partial charge in [0.25, 0.3) is 5.91 Å². The second kappa shape index (κ2) is 9.29. The molecule has 0 spiro atoms.